The van der Waals surface area contributed by atoms with Crippen molar-refractivity contribution in [2.45, 2.75) is 6.92 Å². The lowest BCUT2D eigenvalue weighted by Crippen LogP contribution is -2.31. The van der Waals surface area contributed by atoms with E-state index in [-0.39, 0.29) is 11.6 Å². The van der Waals surface area contributed by atoms with Crippen LogP contribution in [0.15, 0.2) is 31.0 Å². The molecule has 1 amide bonds. The van der Waals surface area contributed by atoms with E-state index in [0.29, 0.717) is 18.7 Å². The summed E-state index contributed by atoms with van der Waals surface area (Å²) in [7, 11) is 0. The Bertz CT molecular complexity index is 443. The summed E-state index contributed by atoms with van der Waals surface area (Å²) >= 11 is 0. The first kappa shape index (κ1) is 12.9. The van der Waals surface area contributed by atoms with Gasteiger partial charge in [0.25, 0.3) is 5.91 Å². The van der Waals surface area contributed by atoms with Crippen molar-refractivity contribution in [1.29, 1.82) is 0 Å². The number of carboxylic acid groups (broad SMARTS) is 1. The molecule has 0 aliphatic heterocycles. The molecule has 0 aliphatic carbocycles. The highest BCUT2D eigenvalue weighted by atomic mass is 16.4. The number of carbonyl (C=O) groups excluding carboxylic acids is 1. The van der Waals surface area contributed by atoms with E-state index in [2.05, 4.69) is 11.6 Å². The molecule has 90 valence electrons. The zero-order valence-electron chi connectivity index (χ0n) is 9.59. The van der Waals surface area contributed by atoms with E-state index in [0.717, 1.165) is 0 Å². The predicted molar refractivity (Wildman–Crippen MR) is 63.0 cm³/mol. The van der Waals surface area contributed by atoms with Gasteiger partial charge in [-0.25, -0.2) is 9.78 Å². The number of rotatable bonds is 5. The first-order valence-corrected chi connectivity index (χ1v) is 5.19. The lowest BCUT2D eigenvalue weighted by Gasteiger charge is -2.18. The number of pyridine rings is 1. The average molecular weight is 234 g/mol. The summed E-state index contributed by atoms with van der Waals surface area (Å²) in [6.07, 6.45) is 2.94. The smallest absolute Gasteiger partial charge is 0.354 e. The molecular formula is C12H14N2O3. The Balaban J connectivity index is 2.98. The molecule has 1 rings (SSSR count). The third-order valence-electron chi connectivity index (χ3n) is 2.24. The molecule has 0 atom stereocenters. The summed E-state index contributed by atoms with van der Waals surface area (Å²) in [6.45, 7) is 6.39. The molecular weight excluding hydrogens is 220 g/mol. The summed E-state index contributed by atoms with van der Waals surface area (Å²) in [5.74, 6) is -1.37. The minimum Gasteiger partial charge on any atom is -0.477 e. The van der Waals surface area contributed by atoms with Crippen molar-refractivity contribution < 1.29 is 14.7 Å². The average Bonchev–Trinajstić information content (AvgIpc) is 2.35. The zero-order chi connectivity index (χ0) is 12.8. The van der Waals surface area contributed by atoms with E-state index in [1.807, 2.05) is 6.92 Å². The van der Waals surface area contributed by atoms with E-state index >= 15 is 0 Å². The van der Waals surface area contributed by atoms with Crippen molar-refractivity contribution in [3.8, 4) is 0 Å². The first-order chi connectivity index (χ1) is 8.10. The van der Waals surface area contributed by atoms with Gasteiger partial charge in [-0.05, 0) is 19.1 Å². The normalized spacial score (nSPS) is 9.71. The van der Waals surface area contributed by atoms with Gasteiger partial charge in [0.15, 0.2) is 0 Å². The predicted octanol–water partition coefficient (Wildman–Crippen LogP) is 1.43. The highest BCUT2D eigenvalue weighted by Crippen LogP contribution is 2.06. The number of carboxylic acids is 1. The number of likely N-dealkylation sites (N-methyl/N-ethyl adjacent to an activating group) is 1. The van der Waals surface area contributed by atoms with E-state index < -0.39 is 5.97 Å². The molecule has 0 unspecified atom stereocenters. The molecule has 17 heavy (non-hydrogen) atoms. The maximum atomic E-state index is 12.0. The van der Waals surface area contributed by atoms with Gasteiger partial charge in [-0.15, -0.1) is 6.58 Å². The largest absolute Gasteiger partial charge is 0.477 e. The summed E-state index contributed by atoms with van der Waals surface area (Å²) < 4.78 is 0. The van der Waals surface area contributed by atoms with Gasteiger partial charge in [-0.3, -0.25) is 4.79 Å². The Hall–Kier alpha value is -2.17. The van der Waals surface area contributed by atoms with Crippen LogP contribution in [-0.4, -0.2) is 40.0 Å². The quantitative estimate of drug-likeness (QED) is 0.782. The van der Waals surface area contributed by atoms with Crippen molar-refractivity contribution in [2.75, 3.05) is 13.1 Å². The molecule has 0 saturated heterocycles. The second-order valence-corrected chi connectivity index (χ2v) is 3.37. The molecule has 1 heterocycles. The summed E-state index contributed by atoms with van der Waals surface area (Å²) in [6, 6.07) is 2.77. The number of aromatic nitrogens is 1. The Kier molecular flexibility index (Phi) is 4.39. The van der Waals surface area contributed by atoms with Crippen molar-refractivity contribution >= 4 is 11.9 Å². The number of carbonyl (C=O) groups is 2. The molecule has 0 spiro atoms. The second kappa shape index (κ2) is 5.79. The minimum absolute atomic E-state index is 0.134. The van der Waals surface area contributed by atoms with Crippen LogP contribution in [0.3, 0.4) is 0 Å². The molecule has 0 aliphatic rings. The van der Waals surface area contributed by atoms with E-state index in [9.17, 15) is 9.59 Å². The van der Waals surface area contributed by atoms with Crippen LogP contribution in [-0.2, 0) is 0 Å². The second-order valence-electron chi connectivity index (χ2n) is 3.37. The third-order valence-corrected chi connectivity index (χ3v) is 2.24. The van der Waals surface area contributed by atoms with Crippen LogP contribution in [0.4, 0.5) is 0 Å². The molecule has 0 fully saturated rings. The maximum Gasteiger partial charge on any atom is 0.354 e. The van der Waals surface area contributed by atoms with Crippen LogP contribution >= 0.6 is 0 Å². The van der Waals surface area contributed by atoms with Gasteiger partial charge in [0.05, 0.1) is 0 Å². The van der Waals surface area contributed by atoms with Crippen LogP contribution in [0.25, 0.3) is 0 Å². The summed E-state index contributed by atoms with van der Waals surface area (Å²) in [5, 5.41) is 8.79. The Labute approximate surface area is 99.4 Å². The summed E-state index contributed by atoms with van der Waals surface area (Å²) in [5.41, 5.74) is 0.187. The van der Waals surface area contributed by atoms with Gasteiger partial charge < -0.3 is 10.0 Å². The molecule has 5 heteroatoms. The Morgan fingerprint density at radius 3 is 2.82 bits per heavy atom. The van der Waals surface area contributed by atoms with Crippen LogP contribution in [0.2, 0.25) is 0 Å². The fourth-order valence-electron chi connectivity index (χ4n) is 1.37. The van der Waals surface area contributed by atoms with E-state index in [4.69, 9.17) is 5.11 Å². The number of aromatic carboxylic acids is 1. The van der Waals surface area contributed by atoms with Crippen molar-refractivity contribution in [3.05, 3.63) is 42.2 Å². The van der Waals surface area contributed by atoms with Crippen molar-refractivity contribution in [2.24, 2.45) is 0 Å². The number of hydrogen-bond acceptors (Lipinski definition) is 3. The SMILES string of the molecule is C=CCN(CC)C(=O)c1ccnc(C(=O)O)c1. The van der Waals surface area contributed by atoms with Crippen LogP contribution < -0.4 is 0 Å². The number of amides is 1. The van der Waals surface area contributed by atoms with Gasteiger partial charge in [-0.1, -0.05) is 6.08 Å². The van der Waals surface area contributed by atoms with Crippen LogP contribution in [0.1, 0.15) is 27.8 Å². The fraction of sp³-hybridized carbons (Fsp3) is 0.250. The lowest BCUT2D eigenvalue weighted by atomic mass is 10.2. The lowest BCUT2D eigenvalue weighted by molar-refractivity contribution is 0.0690. The molecule has 1 aromatic heterocycles. The molecule has 1 aromatic rings. The highest BCUT2D eigenvalue weighted by Gasteiger charge is 2.15. The Morgan fingerprint density at radius 2 is 2.29 bits per heavy atom. The molecule has 0 saturated carbocycles. The highest BCUT2D eigenvalue weighted by molar-refractivity contribution is 5.96. The monoisotopic (exact) mass is 234 g/mol. The zero-order valence-corrected chi connectivity index (χ0v) is 9.59. The van der Waals surface area contributed by atoms with E-state index in [1.54, 1.807) is 11.0 Å². The van der Waals surface area contributed by atoms with Gasteiger partial charge in [-0.2, -0.15) is 0 Å². The van der Waals surface area contributed by atoms with Crippen LogP contribution in [0.5, 0.6) is 0 Å². The fourth-order valence-corrected chi connectivity index (χ4v) is 1.37. The van der Waals surface area contributed by atoms with Gasteiger partial charge >= 0.3 is 5.97 Å². The van der Waals surface area contributed by atoms with Crippen molar-refractivity contribution in [3.63, 3.8) is 0 Å². The molecule has 1 N–H and O–H groups in total. The summed E-state index contributed by atoms with van der Waals surface area (Å²) in [4.78, 5) is 28.0. The van der Waals surface area contributed by atoms with Crippen LogP contribution in [0, 0.1) is 0 Å². The number of nitrogens with zero attached hydrogens (tertiary/aromatic N) is 2. The number of hydrogen-bond donors (Lipinski definition) is 1. The molecule has 5 nitrogen and oxygen atoms in total. The molecule has 0 aromatic carbocycles. The topological polar surface area (TPSA) is 70.5 Å². The molecule has 0 radical (unpaired) electrons. The first-order valence-electron chi connectivity index (χ1n) is 5.19. The Morgan fingerprint density at radius 1 is 1.59 bits per heavy atom. The molecule has 0 bridgehead atoms. The third kappa shape index (κ3) is 3.14. The maximum absolute atomic E-state index is 12.0. The van der Waals surface area contributed by atoms with Crippen molar-refractivity contribution in [1.82, 2.24) is 9.88 Å². The van der Waals surface area contributed by atoms with Gasteiger partial charge in [0.1, 0.15) is 5.69 Å². The van der Waals surface area contributed by atoms with Gasteiger partial charge in [0.2, 0.25) is 0 Å². The minimum atomic E-state index is -1.15. The van der Waals surface area contributed by atoms with Gasteiger partial charge in [0, 0.05) is 24.8 Å². The van der Waals surface area contributed by atoms with E-state index in [1.165, 1.54) is 18.3 Å². The standard InChI is InChI=1S/C12H14N2O3/c1-3-7-14(4-2)11(15)9-5-6-13-10(8-9)12(16)17/h3,5-6,8H,1,4,7H2,2H3,(H,16,17).